The highest BCUT2D eigenvalue weighted by atomic mass is 32.1. The van der Waals surface area contributed by atoms with Crippen molar-refractivity contribution in [2.24, 2.45) is 10.8 Å². The zero-order valence-electron chi connectivity index (χ0n) is 6.97. The lowest BCUT2D eigenvalue weighted by Crippen LogP contribution is -2.24. The first kappa shape index (κ1) is 9.60. The maximum absolute atomic E-state index is 5.16. The van der Waals surface area contributed by atoms with Crippen LogP contribution in [0.1, 0.15) is 5.69 Å². The van der Waals surface area contributed by atoms with Gasteiger partial charge < -0.3 is 5.73 Å². The fraction of sp³-hybridized carbons (Fsp3) is 0.125. The fourth-order valence-corrected chi connectivity index (χ4v) is 0.820. The average molecular weight is 194 g/mol. The van der Waals surface area contributed by atoms with E-state index >= 15 is 0 Å². The summed E-state index contributed by atoms with van der Waals surface area (Å²) < 4.78 is 0. The predicted octanol–water partition coefficient (Wildman–Crippen LogP) is 0.443. The first-order chi connectivity index (χ1) is 6.29. The van der Waals surface area contributed by atoms with Crippen molar-refractivity contribution in [1.82, 2.24) is 10.4 Å². The molecule has 0 fully saturated rings. The molecule has 1 aromatic rings. The molecule has 1 aromatic heterocycles. The zero-order valence-corrected chi connectivity index (χ0v) is 7.79. The fourth-order valence-electron chi connectivity index (χ4n) is 0.767. The van der Waals surface area contributed by atoms with Crippen molar-refractivity contribution >= 4 is 23.5 Å². The van der Waals surface area contributed by atoms with E-state index in [0.717, 1.165) is 5.69 Å². The highest BCUT2D eigenvalue weighted by Gasteiger charge is 1.87. The second-order valence-corrected chi connectivity index (χ2v) is 2.75. The van der Waals surface area contributed by atoms with Crippen molar-refractivity contribution < 1.29 is 0 Å². The summed E-state index contributed by atoms with van der Waals surface area (Å²) in [6.07, 6.45) is 4.07. The second-order valence-electron chi connectivity index (χ2n) is 2.31. The molecule has 0 radical (unpaired) electrons. The Balaban J connectivity index is 2.35. The molecule has 0 saturated carbocycles. The molecule has 0 amide bonds. The molecule has 68 valence electrons. The molecule has 3 N–H and O–H groups in total. The summed E-state index contributed by atoms with van der Waals surface area (Å²) in [4.78, 5) is 4.11. The summed E-state index contributed by atoms with van der Waals surface area (Å²) in [6, 6.07) is 5.72. The summed E-state index contributed by atoms with van der Waals surface area (Å²) >= 11 is 4.56. The number of thiocarbonyl (C=S) groups is 1. The molecule has 0 aliphatic carbocycles. The Morgan fingerprint density at radius 1 is 1.69 bits per heavy atom. The van der Waals surface area contributed by atoms with Crippen molar-refractivity contribution in [2.75, 3.05) is 0 Å². The van der Waals surface area contributed by atoms with E-state index in [9.17, 15) is 0 Å². The van der Waals surface area contributed by atoms with E-state index in [1.165, 1.54) is 0 Å². The number of hydrogen-bond acceptors (Lipinski definition) is 3. The predicted molar refractivity (Wildman–Crippen MR) is 56.4 cm³/mol. The molecule has 0 aromatic carbocycles. The largest absolute Gasteiger partial charge is 0.375 e. The molecule has 5 heteroatoms. The Kier molecular flexibility index (Phi) is 3.84. The van der Waals surface area contributed by atoms with Gasteiger partial charge in [0.25, 0.3) is 0 Å². The van der Waals surface area contributed by atoms with E-state index in [2.05, 4.69) is 27.7 Å². The summed E-state index contributed by atoms with van der Waals surface area (Å²) in [6.45, 7) is 0. The van der Waals surface area contributed by atoms with Crippen molar-refractivity contribution in [1.29, 1.82) is 0 Å². The summed E-state index contributed by atoms with van der Waals surface area (Å²) in [5.41, 5.74) is 8.58. The van der Waals surface area contributed by atoms with Crippen molar-refractivity contribution in [2.45, 2.75) is 6.42 Å². The van der Waals surface area contributed by atoms with Crippen LogP contribution in [0.25, 0.3) is 0 Å². The standard InChI is InChI=1S/C8H10N4S/c9-8(13)12-11-6-4-7-3-1-2-5-10-7/h1-3,5-6H,4H2,(H3,9,12,13). The Hall–Kier alpha value is -1.49. The number of nitrogens with zero attached hydrogens (tertiary/aromatic N) is 2. The third kappa shape index (κ3) is 4.17. The van der Waals surface area contributed by atoms with Crippen LogP contribution in [0.4, 0.5) is 0 Å². The minimum Gasteiger partial charge on any atom is -0.375 e. The number of nitrogens with two attached hydrogens (primary N) is 1. The van der Waals surface area contributed by atoms with Gasteiger partial charge in [0.15, 0.2) is 5.11 Å². The molecule has 0 unspecified atom stereocenters. The average Bonchev–Trinajstić information content (AvgIpc) is 2.14. The van der Waals surface area contributed by atoms with E-state index in [1.807, 2.05) is 18.2 Å². The summed E-state index contributed by atoms with van der Waals surface area (Å²) in [7, 11) is 0. The Morgan fingerprint density at radius 2 is 2.54 bits per heavy atom. The molecule has 13 heavy (non-hydrogen) atoms. The van der Waals surface area contributed by atoms with Crippen LogP contribution in [0.2, 0.25) is 0 Å². The lowest BCUT2D eigenvalue weighted by Gasteiger charge is -1.94. The van der Waals surface area contributed by atoms with Gasteiger partial charge in [-0.3, -0.25) is 10.4 Å². The number of pyridine rings is 1. The third-order valence-corrected chi connectivity index (χ3v) is 1.38. The van der Waals surface area contributed by atoms with Crippen LogP contribution < -0.4 is 11.2 Å². The van der Waals surface area contributed by atoms with Crippen molar-refractivity contribution in [3.63, 3.8) is 0 Å². The van der Waals surface area contributed by atoms with E-state index in [4.69, 9.17) is 5.73 Å². The van der Waals surface area contributed by atoms with Gasteiger partial charge in [-0.15, -0.1) is 0 Å². The zero-order chi connectivity index (χ0) is 9.52. The van der Waals surface area contributed by atoms with E-state index in [1.54, 1.807) is 12.4 Å². The molecular weight excluding hydrogens is 184 g/mol. The molecule has 1 heterocycles. The molecule has 1 rings (SSSR count). The van der Waals surface area contributed by atoms with Crippen molar-refractivity contribution in [3.8, 4) is 0 Å². The minimum atomic E-state index is 0.164. The molecule has 0 saturated heterocycles. The van der Waals surface area contributed by atoms with E-state index in [0.29, 0.717) is 6.42 Å². The van der Waals surface area contributed by atoms with Crippen LogP contribution in [0.3, 0.4) is 0 Å². The minimum absolute atomic E-state index is 0.164. The van der Waals surface area contributed by atoms with Gasteiger partial charge in [0.05, 0.1) is 0 Å². The van der Waals surface area contributed by atoms with Crippen molar-refractivity contribution in [3.05, 3.63) is 30.1 Å². The number of hydrazone groups is 1. The number of rotatable bonds is 3. The Labute approximate surface area is 81.9 Å². The highest BCUT2D eigenvalue weighted by Crippen LogP contribution is 1.91. The van der Waals surface area contributed by atoms with Gasteiger partial charge in [0.1, 0.15) is 0 Å². The molecule has 0 atom stereocenters. The normalized spacial score (nSPS) is 10.2. The first-order valence-electron chi connectivity index (χ1n) is 3.76. The van der Waals surface area contributed by atoms with Gasteiger partial charge in [-0.2, -0.15) is 5.10 Å². The van der Waals surface area contributed by atoms with Gasteiger partial charge in [0, 0.05) is 24.5 Å². The van der Waals surface area contributed by atoms with Gasteiger partial charge in [-0.05, 0) is 24.4 Å². The molecule has 4 nitrogen and oxygen atoms in total. The first-order valence-corrected chi connectivity index (χ1v) is 4.17. The maximum atomic E-state index is 5.16. The molecule has 0 spiro atoms. The topological polar surface area (TPSA) is 63.3 Å². The van der Waals surface area contributed by atoms with Gasteiger partial charge >= 0.3 is 0 Å². The van der Waals surface area contributed by atoms with Gasteiger partial charge in [-0.1, -0.05) is 6.07 Å². The monoisotopic (exact) mass is 194 g/mol. The number of hydrogen-bond donors (Lipinski definition) is 2. The summed E-state index contributed by atoms with van der Waals surface area (Å²) in [5.74, 6) is 0. The van der Waals surface area contributed by atoms with E-state index < -0.39 is 0 Å². The lowest BCUT2D eigenvalue weighted by molar-refractivity contribution is 1.02. The highest BCUT2D eigenvalue weighted by molar-refractivity contribution is 7.80. The Bertz CT molecular complexity index is 296. The van der Waals surface area contributed by atoms with E-state index in [-0.39, 0.29) is 5.11 Å². The van der Waals surface area contributed by atoms with Crippen LogP contribution in [-0.4, -0.2) is 16.3 Å². The van der Waals surface area contributed by atoms with Crippen LogP contribution in [0.15, 0.2) is 29.5 Å². The van der Waals surface area contributed by atoms with Crippen LogP contribution in [0.5, 0.6) is 0 Å². The molecule has 0 aliphatic rings. The second kappa shape index (κ2) is 5.21. The van der Waals surface area contributed by atoms with Gasteiger partial charge in [-0.25, -0.2) is 0 Å². The van der Waals surface area contributed by atoms with Gasteiger partial charge in [0.2, 0.25) is 0 Å². The van der Waals surface area contributed by atoms with Crippen LogP contribution in [0, 0.1) is 0 Å². The quantitative estimate of drug-likeness (QED) is 0.416. The maximum Gasteiger partial charge on any atom is 0.184 e. The lowest BCUT2D eigenvalue weighted by atomic mass is 10.3. The van der Waals surface area contributed by atoms with Crippen LogP contribution >= 0.6 is 12.2 Å². The summed E-state index contributed by atoms with van der Waals surface area (Å²) in [5, 5.41) is 3.95. The number of nitrogens with one attached hydrogen (secondary N) is 1. The third-order valence-electron chi connectivity index (χ3n) is 1.29. The SMILES string of the molecule is NC(=S)NN=CCc1ccccn1. The molecule has 0 aliphatic heterocycles. The van der Waals surface area contributed by atoms with Crippen LogP contribution in [-0.2, 0) is 6.42 Å². The Morgan fingerprint density at radius 3 is 3.15 bits per heavy atom. The molecule has 0 bridgehead atoms. The smallest absolute Gasteiger partial charge is 0.184 e. The molecular formula is C8H10N4S. The number of aromatic nitrogens is 1.